The topological polar surface area (TPSA) is 81.8 Å². The Labute approximate surface area is 204 Å². The van der Waals surface area contributed by atoms with Gasteiger partial charge in [0.15, 0.2) is 0 Å². The molecule has 2 aromatic carbocycles. The zero-order chi connectivity index (χ0) is 24.2. The Morgan fingerprint density at radius 2 is 1.89 bits per heavy atom. The number of fused-ring (bicyclic) bond motifs is 2. The van der Waals surface area contributed by atoms with Crippen LogP contribution in [0.1, 0.15) is 59.5 Å². The van der Waals surface area contributed by atoms with Crippen LogP contribution in [0.25, 0.3) is 16.6 Å². The van der Waals surface area contributed by atoms with E-state index in [4.69, 9.17) is 4.98 Å². The van der Waals surface area contributed by atoms with Gasteiger partial charge in [-0.3, -0.25) is 14.2 Å². The second-order valence-corrected chi connectivity index (χ2v) is 9.26. The van der Waals surface area contributed by atoms with Crippen LogP contribution in [-0.4, -0.2) is 31.8 Å². The average molecular weight is 470 g/mol. The Kier molecular flexibility index (Phi) is 6.75. The van der Waals surface area contributed by atoms with Crippen LogP contribution in [0, 0.1) is 6.92 Å². The second-order valence-electron chi connectivity index (χ2n) is 9.26. The quantitative estimate of drug-likeness (QED) is 0.425. The molecule has 0 fully saturated rings. The van der Waals surface area contributed by atoms with E-state index in [1.807, 2.05) is 46.5 Å². The molecule has 4 aromatic rings. The van der Waals surface area contributed by atoms with Gasteiger partial charge in [-0.1, -0.05) is 31.0 Å². The van der Waals surface area contributed by atoms with E-state index in [0.717, 1.165) is 62.3 Å². The summed E-state index contributed by atoms with van der Waals surface area (Å²) in [5.41, 5.74) is 4.36. The van der Waals surface area contributed by atoms with Crippen molar-refractivity contribution in [2.75, 3.05) is 6.54 Å². The Morgan fingerprint density at radius 1 is 1.06 bits per heavy atom. The minimum absolute atomic E-state index is 0.00489. The molecule has 5 rings (SSSR count). The molecule has 180 valence electrons. The molecule has 7 heteroatoms. The summed E-state index contributed by atoms with van der Waals surface area (Å²) >= 11 is 0. The van der Waals surface area contributed by atoms with Crippen molar-refractivity contribution < 1.29 is 4.79 Å². The summed E-state index contributed by atoms with van der Waals surface area (Å²) in [6.45, 7) is 3.30. The fourth-order valence-corrected chi connectivity index (χ4v) is 4.77. The largest absolute Gasteiger partial charge is 0.352 e. The molecule has 1 amide bonds. The number of hydrogen-bond acceptors (Lipinski definition) is 4. The lowest BCUT2D eigenvalue weighted by atomic mass is 10.1. The van der Waals surface area contributed by atoms with Crippen LogP contribution >= 0.6 is 0 Å². The maximum atomic E-state index is 13.0. The Morgan fingerprint density at radius 3 is 2.74 bits per heavy atom. The SMILES string of the molecule is Cc1nn(-c2ccccc2)cc1CCCNC(=O)c1ccc2c(=O)n3c(nc2c1)CCCCCC3. The minimum Gasteiger partial charge on any atom is -0.352 e. The molecule has 0 bridgehead atoms. The predicted octanol–water partition coefficient (Wildman–Crippen LogP) is 4.37. The molecule has 3 heterocycles. The van der Waals surface area contributed by atoms with Gasteiger partial charge in [-0.15, -0.1) is 0 Å². The number of aryl methyl sites for hydroxylation is 3. The van der Waals surface area contributed by atoms with Crippen LogP contribution in [-0.2, 0) is 19.4 Å². The molecule has 0 saturated carbocycles. The first-order valence-corrected chi connectivity index (χ1v) is 12.5. The summed E-state index contributed by atoms with van der Waals surface area (Å²) in [5, 5.41) is 8.21. The Bertz CT molecular complexity index is 1400. The monoisotopic (exact) mass is 469 g/mol. The molecule has 7 nitrogen and oxygen atoms in total. The van der Waals surface area contributed by atoms with E-state index in [2.05, 4.69) is 16.6 Å². The standard InChI is InChI=1S/C28H31N5O2/c1-20-22(19-33(31-20)23-11-5-4-6-12-23)10-9-16-29-27(34)21-14-15-24-25(18-21)30-26-13-7-2-3-8-17-32(26)28(24)35/h4-6,11-12,14-15,18-19H,2-3,7-10,13,16-17H2,1H3,(H,29,34). The number of aromatic nitrogens is 4. The van der Waals surface area contributed by atoms with E-state index >= 15 is 0 Å². The molecule has 0 atom stereocenters. The number of rotatable bonds is 6. The Hall–Kier alpha value is -3.74. The van der Waals surface area contributed by atoms with Crippen molar-refractivity contribution in [2.45, 2.75) is 58.4 Å². The van der Waals surface area contributed by atoms with Gasteiger partial charge in [0.1, 0.15) is 5.82 Å². The van der Waals surface area contributed by atoms with Crippen molar-refractivity contribution in [3.05, 3.63) is 87.7 Å². The first kappa shape index (κ1) is 23.0. The van der Waals surface area contributed by atoms with Crippen molar-refractivity contribution >= 4 is 16.8 Å². The minimum atomic E-state index is -0.141. The number of benzene rings is 2. The average Bonchev–Trinajstić information content (AvgIpc) is 3.23. The van der Waals surface area contributed by atoms with Crippen molar-refractivity contribution in [1.29, 1.82) is 0 Å². The molecule has 1 aliphatic rings. The van der Waals surface area contributed by atoms with Crippen molar-refractivity contribution in [3.8, 4) is 5.69 Å². The van der Waals surface area contributed by atoms with Gasteiger partial charge in [-0.05, 0) is 68.5 Å². The summed E-state index contributed by atoms with van der Waals surface area (Å²) in [7, 11) is 0. The van der Waals surface area contributed by atoms with Crippen LogP contribution in [0.5, 0.6) is 0 Å². The van der Waals surface area contributed by atoms with Crippen LogP contribution in [0.15, 0.2) is 59.5 Å². The van der Waals surface area contributed by atoms with E-state index in [1.54, 1.807) is 18.2 Å². The molecule has 0 saturated heterocycles. The number of carbonyl (C=O) groups is 1. The lowest BCUT2D eigenvalue weighted by Crippen LogP contribution is -2.27. The van der Waals surface area contributed by atoms with E-state index in [1.165, 1.54) is 12.0 Å². The summed E-state index contributed by atoms with van der Waals surface area (Å²) in [6, 6.07) is 15.3. The van der Waals surface area contributed by atoms with Gasteiger partial charge < -0.3 is 5.32 Å². The van der Waals surface area contributed by atoms with Gasteiger partial charge in [0.25, 0.3) is 11.5 Å². The van der Waals surface area contributed by atoms with E-state index < -0.39 is 0 Å². The summed E-state index contributed by atoms with van der Waals surface area (Å²) in [5.74, 6) is 0.698. The maximum absolute atomic E-state index is 13.0. The predicted molar refractivity (Wildman–Crippen MR) is 137 cm³/mol. The first-order chi connectivity index (χ1) is 17.1. The summed E-state index contributed by atoms with van der Waals surface area (Å²) in [4.78, 5) is 30.6. The van der Waals surface area contributed by atoms with Crippen molar-refractivity contribution in [3.63, 3.8) is 0 Å². The molecular weight excluding hydrogens is 438 g/mol. The highest BCUT2D eigenvalue weighted by molar-refractivity contribution is 5.97. The van der Waals surface area contributed by atoms with Crippen LogP contribution in [0.2, 0.25) is 0 Å². The lowest BCUT2D eigenvalue weighted by molar-refractivity contribution is 0.0953. The second kappa shape index (κ2) is 10.3. The third-order valence-electron chi connectivity index (χ3n) is 6.76. The molecular formula is C28H31N5O2. The van der Waals surface area contributed by atoms with Gasteiger partial charge in [-0.25, -0.2) is 9.67 Å². The number of nitrogens with zero attached hydrogens (tertiary/aromatic N) is 4. The third-order valence-corrected chi connectivity index (χ3v) is 6.76. The molecule has 2 aromatic heterocycles. The van der Waals surface area contributed by atoms with Gasteiger partial charge in [-0.2, -0.15) is 5.10 Å². The highest BCUT2D eigenvalue weighted by Crippen LogP contribution is 2.17. The molecule has 0 radical (unpaired) electrons. The van der Waals surface area contributed by atoms with Crippen molar-refractivity contribution in [2.24, 2.45) is 0 Å². The first-order valence-electron chi connectivity index (χ1n) is 12.5. The maximum Gasteiger partial charge on any atom is 0.261 e. The van der Waals surface area contributed by atoms with Crippen molar-refractivity contribution in [1.82, 2.24) is 24.6 Å². The van der Waals surface area contributed by atoms with E-state index in [0.29, 0.717) is 23.0 Å². The van der Waals surface area contributed by atoms with Gasteiger partial charge in [0, 0.05) is 31.3 Å². The van der Waals surface area contributed by atoms with Crippen LogP contribution in [0.3, 0.4) is 0 Å². The fraction of sp³-hybridized carbons (Fsp3) is 0.357. The summed E-state index contributed by atoms with van der Waals surface area (Å²) in [6.07, 6.45) is 8.89. The lowest BCUT2D eigenvalue weighted by Gasteiger charge is -2.16. The van der Waals surface area contributed by atoms with Gasteiger partial charge in [0.2, 0.25) is 0 Å². The highest BCUT2D eigenvalue weighted by Gasteiger charge is 2.15. The number of nitrogens with one attached hydrogen (secondary N) is 1. The number of para-hydroxylation sites is 1. The zero-order valence-electron chi connectivity index (χ0n) is 20.2. The van der Waals surface area contributed by atoms with Gasteiger partial charge >= 0.3 is 0 Å². The summed E-state index contributed by atoms with van der Waals surface area (Å²) < 4.78 is 3.72. The van der Waals surface area contributed by atoms with E-state index in [-0.39, 0.29) is 11.5 Å². The molecule has 0 spiro atoms. The Balaban J connectivity index is 1.23. The fourth-order valence-electron chi connectivity index (χ4n) is 4.77. The van der Waals surface area contributed by atoms with Crippen LogP contribution in [0.4, 0.5) is 0 Å². The zero-order valence-corrected chi connectivity index (χ0v) is 20.2. The van der Waals surface area contributed by atoms with Gasteiger partial charge in [0.05, 0.1) is 22.3 Å². The molecule has 1 aliphatic heterocycles. The number of amides is 1. The number of hydrogen-bond donors (Lipinski definition) is 1. The van der Waals surface area contributed by atoms with Crippen LogP contribution < -0.4 is 10.9 Å². The third kappa shape index (κ3) is 5.04. The van der Waals surface area contributed by atoms with E-state index in [9.17, 15) is 9.59 Å². The molecule has 0 aliphatic carbocycles. The normalized spacial score (nSPS) is 13.7. The highest BCUT2D eigenvalue weighted by atomic mass is 16.1. The smallest absolute Gasteiger partial charge is 0.261 e. The molecule has 35 heavy (non-hydrogen) atoms. The number of carbonyl (C=O) groups excluding carboxylic acids is 1. The molecule has 1 N–H and O–H groups in total. The molecule has 0 unspecified atom stereocenters.